The molecule has 2 aliphatic rings. The molecule has 1 N–H and O–H groups in total. The molecule has 2 fully saturated rings. The summed E-state index contributed by atoms with van der Waals surface area (Å²) in [6, 6.07) is 17.6. The molecule has 164 valence electrons. The van der Waals surface area contributed by atoms with Gasteiger partial charge in [0.05, 0.1) is 6.04 Å². The summed E-state index contributed by atoms with van der Waals surface area (Å²) in [4.78, 5) is 29.4. The van der Waals surface area contributed by atoms with Crippen molar-refractivity contribution in [2.75, 3.05) is 26.2 Å². The Kier molecular flexibility index (Phi) is 6.75. The topological polar surface area (TPSA) is 61.9 Å². The molecule has 2 unspecified atom stereocenters. The highest BCUT2D eigenvalue weighted by Gasteiger charge is 2.34. The number of rotatable bonds is 4. The number of urea groups is 1. The number of carbonyl (C=O) groups excluding carboxylic acids is 2. The Labute approximate surface area is 184 Å². The van der Waals surface area contributed by atoms with E-state index >= 15 is 0 Å². The van der Waals surface area contributed by atoms with Crippen molar-refractivity contribution in [3.8, 4) is 5.75 Å². The van der Waals surface area contributed by atoms with E-state index in [-0.39, 0.29) is 18.0 Å². The van der Waals surface area contributed by atoms with Crippen LogP contribution in [0.25, 0.3) is 0 Å². The zero-order chi connectivity index (χ0) is 21.6. The van der Waals surface area contributed by atoms with Crippen molar-refractivity contribution < 1.29 is 14.3 Å². The average Bonchev–Trinajstić information content (AvgIpc) is 3.34. The maximum atomic E-state index is 13.1. The lowest BCUT2D eigenvalue weighted by Gasteiger charge is -2.39. The van der Waals surface area contributed by atoms with Crippen molar-refractivity contribution in [1.82, 2.24) is 15.1 Å². The molecule has 2 atom stereocenters. The number of para-hydroxylation sites is 1. The number of nitrogens with zero attached hydrogens (tertiary/aromatic N) is 2. The third-order valence-electron chi connectivity index (χ3n) is 6.23. The van der Waals surface area contributed by atoms with E-state index in [1.54, 1.807) is 12.1 Å². The van der Waals surface area contributed by atoms with Gasteiger partial charge in [-0.2, -0.15) is 0 Å². The molecule has 2 saturated heterocycles. The first-order chi connectivity index (χ1) is 15.1. The SMILES string of the molecule is CCc1ccc(C2CC(NC(=O)Oc3ccccc3)CN(C(=O)N3CCCC3)C2)cc1. The molecular weight excluding hydrogens is 390 g/mol. The lowest BCUT2D eigenvalue weighted by atomic mass is 9.87. The second-order valence-electron chi connectivity index (χ2n) is 8.45. The van der Waals surface area contributed by atoms with Crippen molar-refractivity contribution in [2.24, 2.45) is 0 Å². The molecule has 0 radical (unpaired) electrons. The molecule has 0 aromatic heterocycles. The number of aryl methyl sites for hydroxylation is 1. The van der Waals surface area contributed by atoms with Crippen molar-refractivity contribution in [3.63, 3.8) is 0 Å². The summed E-state index contributed by atoms with van der Waals surface area (Å²) in [6.45, 7) is 4.96. The highest BCUT2D eigenvalue weighted by atomic mass is 16.6. The van der Waals surface area contributed by atoms with Crippen molar-refractivity contribution in [1.29, 1.82) is 0 Å². The van der Waals surface area contributed by atoms with E-state index in [0.29, 0.717) is 18.8 Å². The molecular formula is C25H31N3O3. The summed E-state index contributed by atoms with van der Waals surface area (Å²) < 4.78 is 5.42. The van der Waals surface area contributed by atoms with Crippen LogP contribution in [0.1, 0.15) is 43.2 Å². The Morgan fingerprint density at radius 1 is 0.968 bits per heavy atom. The standard InChI is InChI=1S/C25H31N3O3/c1-2-19-10-12-20(13-11-19)21-16-22(26-24(29)31-23-8-4-3-5-9-23)18-28(17-21)25(30)27-14-6-7-15-27/h3-5,8-13,21-22H,2,6-7,14-18H2,1H3,(H,26,29). The fraction of sp³-hybridized carbons (Fsp3) is 0.440. The fourth-order valence-electron chi connectivity index (χ4n) is 4.53. The summed E-state index contributed by atoms with van der Waals surface area (Å²) in [5.41, 5.74) is 2.50. The van der Waals surface area contributed by atoms with Crippen molar-refractivity contribution in [2.45, 2.75) is 44.6 Å². The second kappa shape index (κ2) is 9.86. The Bertz CT molecular complexity index is 879. The van der Waals surface area contributed by atoms with Crippen LogP contribution in [-0.4, -0.2) is 54.1 Å². The summed E-state index contributed by atoms with van der Waals surface area (Å²) in [5.74, 6) is 0.681. The molecule has 0 spiro atoms. The Morgan fingerprint density at radius 2 is 1.68 bits per heavy atom. The van der Waals surface area contributed by atoms with E-state index < -0.39 is 6.09 Å². The van der Waals surface area contributed by atoms with Gasteiger partial charge >= 0.3 is 12.1 Å². The van der Waals surface area contributed by atoms with Gasteiger partial charge in [-0.25, -0.2) is 9.59 Å². The molecule has 0 aliphatic carbocycles. The summed E-state index contributed by atoms with van der Waals surface area (Å²) >= 11 is 0. The minimum atomic E-state index is -0.480. The average molecular weight is 422 g/mol. The van der Waals surface area contributed by atoms with Crippen LogP contribution in [0.4, 0.5) is 9.59 Å². The number of likely N-dealkylation sites (tertiary alicyclic amines) is 2. The zero-order valence-electron chi connectivity index (χ0n) is 18.1. The Balaban J connectivity index is 1.47. The maximum absolute atomic E-state index is 13.1. The van der Waals surface area contributed by atoms with Gasteiger partial charge in [-0.1, -0.05) is 49.4 Å². The number of carbonyl (C=O) groups is 2. The van der Waals surface area contributed by atoms with Gasteiger partial charge in [0.15, 0.2) is 0 Å². The Hall–Kier alpha value is -3.02. The summed E-state index contributed by atoms with van der Waals surface area (Å²) in [6.07, 6.45) is 3.42. The third-order valence-corrected chi connectivity index (χ3v) is 6.23. The van der Waals surface area contributed by atoms with Crippen LogP contribution in [0.3, 0.4) is 0 Å². The molecule has 2 aromatic carbocycles. The number of hydrogen-bond acceptors (Lipinski definition) is 3. The summed E-state index contributed by atoms with van der Waals surface area (Å²) in [7, 11) is 0. The van der Waals surface area contributed by atoms with Gasteiger partial charge in [0, 0.05) is 32.1 Å². The van der Waals surface area contributed by atoms with Crippen LogP contribution in [-0.2, 0) is 6.42 Å². The molecule has 0 bridgehead atoms. The highest BCUT2D eigenvalue weighted by molar-refractivity contribution is 5.75. The number of ether oxygens (including phenoxy) is 1. The normalized spacial score (nSPS) is 21.1. The number of amides is 3. The summed E-state index contributed by atoms with van der Waals surface area (Å²) in [5, 5.41) is 2.99. The van der Waals surface area contributed by atoms with Gasteiger partial charge in [-0.05, 0) is 48.9 Å². The Morgan fingerprint density at radius 3 is 2.35 bits per heavy atom. The zero-order valence-corrected chi connectivity index (χ0v) is 18.1. The minimum absolute atomic E-state index is 0.0793. The van der Waals surface area contributed by atoms with Crippen molar-refractivity contribution in [3.05, 3.63) is 65.7 Å². The lowest BCUT2D eigenvalue weighted by molar-refractivity contribution is 0.131. The quantitative estimate of drug-likeness (QED) is 0.795. The molecule has 2 heterocycles. The molecule has 3 amide bonds. The van der Waals surface area contributed by atoms with Crippen LogP contribution in [0.2, 0.25) is 0 Å². The van der Waals surface area contributed by atoms with Crippen molar-refractivity contribution >= 4 is 12.1 Å². The first-order valence-electron chi connectivity index (χ1n) is 11.3. The van der Waals surface area contributed by atoms with Gasteiger partial charge < -0.3 is 19.9 Å². The molecule has 2 aromatic rings. The first kappa shape index (κ1) is 21.2. The predicted octanol–water partition coefficient (Wildman–Crippen LogP) is 4.41. The highest BCUT2D eigenvalue weighted by Crippen LogP contribution is 2.29. The number of benzene rings is 2. The van der Waals surface area contributed by atoms with Crippen LogP contribution >= 0.6 is 0 Å². The van der Waals surface area contributed by atoms with Gasteiger partial charge in [0.2, 0.25) is 0 Å². The smallest absolute Gasteiger partial charge is 0.410 e. The molecule has 4 rings (SSSR count). The number of nitrogens with one attached hydrogen (secondary N) is 1. The molecule has 6 heteroatoms. The fourth-order valence-corrected chi connectivity index (χ4v) is 4.53. The minimum Gasteiger partial charge on any atom is -0.410 e. The van der Waals surface area contributed by atoms with Crippen LogP contribution in [0, 0.1) is 0 Å². The third kappa shape index (κ3) is 5.37. The van der Waals surface area contributed by atoms with Crippen LogP contribution in [0.5, 0.6) is 5.75 Å². The number of hydrogen-bond donors (Lipinski definition) is 1. The van der Waals surface area contributed by atoms with Gasteiger partial charge in [-0.15, -0.1) is 0 Å². The molecule has 31 heavy (non-hydrogen) atoms. The van der Waals surface area contributed by atoms with E-state index in [1.165, 1.54) is 11.1 Å². The van der Waals surface area contributed by atoms with E-state index in [2.05, 4.69) is 36.5 Å². The van der Waals surface area contributed by atoms with Gasteiger partial charge in [0.25, 0.3) is 0 Å². The predicted molar refractivity (Wildman–Crippen MR) is 120 cm³/mol. The number of piperidine rings is 1. The van der Waals surface area contributed by atoms with Gasteiger partial charge in [0.1, 0.15) is 5.75 Å². The molecule has 2 aliphatic heterocycles. The first-order valence-corrected chi connectivity index (χ1v) is 11.3. The lowest BCUT2D eigenvalue weighted by Crippen LogP contribution is -2.55. The molecule has 6 nitrogen and oxygen atoms in total. The van der Waals surface area contributed by atoms with Gasteiger partial charge in [-0.3, -0.25) is 0 Å². The monoisotopic (exact) mass is 421 g/mol. The van der Waals surface area contributed by atoms with Crippen LogP contribution < -0.4 is 10.1 Å². The van der Waals surface area contributed by atoms with E-state index in [4.69, 9.17) is 4.74 Å². The largest absolute Gasteiger partial charge is 0.412 e. The van der Waals surface area contributed by atoms with Crippen LogP contribution in [0.15, 0.2) is 54.6 Å². The van der Waals surface area contributed by atoms with E-state index in [1.807, 2.05) is 28.0 Å². The van der Waals surface area contributed by atoms with E-state index in [0.717, 1.165) is 38.8 Å². The second-order valence-corrected chi connectivity index (χ2v) is 8.45. The van der Waals surface area contributed by atoms with E-state index in [9.17, 15) is 9.59 Å². The maximum Gasteiger partial charge on any atom is 0.412 e. The molecule has 0 saturated carbocycles.